The number of halogens is 1. The van der Waals surface area contributed by atoms with Gasteiger partial charge in [0.1, 0.15) is 17.1 Å². The van der Waals surface area contributed by atoms with Gasteiger partial charge in [-0.15, -0.1) is 0 Å². The van der Waals surface area contributed by atoms with Crippen molar-refractivity contribution in [3.63, 3.8) is 0 Å². The molecule has 140 valence electrons. The van der Waals surface area contributed by atoms with Crippen molar-refractivity contribution >= 4 is 51.1 Å². The smallest absolute Gasteiger partial charge is 0.259 e. The second-order valence-corrected chi connectivity index (χ2v) is 7.28. The number of carbonyl (C=O) groups excluding carboxylic acids is 1. The van der Waals surface area contributed by atoms with E-state index in [1.807, 2.05) is 0 Å². The lowest BCUT2D eigenvalue weighted by atomic mass is 9.69. The van der Waals surface area contributed by atoms with Crippen molar-refractivity contribution in [2.24, 2.45) is 0 Å². The third-order valence-electron chi connectivity index (χ3n) is 4.84. The highest BCUT2D eigenvalue weighted by molar-refractivity contribution is 9.10. The summed E-state index contributed by atoms with van der Waals surface area (Å²) in [5, 5.41) is 5.59. The van der Waals surface area contributed by atoms with E-state index in [4.69, 9.17) is 11.5 Å². The molecule has 0 fully saturated rings. The maximum atomic E-state index is 13.3. The van der Waals surface area contributed by atoms with Crippen molar-refractivity contribution in [2.45, 2.75) is 5.41 Å². The van der Waals surface area contributed by atoms with E-state index in [0.29, 0.717) is 15.7 Å². The lowest BCUT2D eigenvalue weighted by Gasteiger charge is -2.34. The van der Waals surface area contributed by atoms with Crippen LogP contribution in [0.25, 0.3) is 0 Å². The fourth-order valence-corrected chi connectivity index (χ4v) is 4.23. The highest BCUT2D eigenvalue weighted by atomic mass is 79.9. The quantitative estimate of drug-likeness (QED) is 0.283. The molecule has 1 aromatic carbocycles. The number of aromatic amines is 2. The summed E-state index contributed by atoms with van der Waals surface area (Å²) in [4.78, 5) is 52.1. The molecule has 5 rings (SSSR count). The first kappa shape index (κ1) is 16.5. The molecule has 0 bridgehead atoms. The van der Waals surface area contributed by atoms with Gasteiger partial charge in [0.25, 0.3) is 11.1 Å². The number of H-pyrrole nitrogens is 2. The van der Waals surface area contributed by atoms with Crippen molar-refractivity contribution in [3.8, 4) is 0 Å². The summed E-state index contributed by atoms with van der Waals surface area (Å²) in [6.45, 7) is 0. The highest BCUT2D eigenvalue weighted by Gasteiger charge is 2.58. The molecule has 4 heterocycles. The molecule has 0 radical (unpaired) electrons. The number of fused-ring (bicyclic) bond motifs is 6. The second-order valence-electron chi connectivity index (χ2n) is 6.37. The molecule has 0 aliphatic carbocycles. The molecule has 0 saturated heterocycles. The standard InChI is InChI=1S/C16H11BrN8O3/c17-4-1-2-6-5(3-4)16(7-9(20-6)22-14(18)24-11(7)26)8-10(21-13(16)28)23-15(19)25-12(8)27/h1-3H,(H4,18,20,22,24,26)(H4,19,21,23,25,27,28). The number of carbonyl (C=O) groups is 1. The third-order valence-corrected chi connectivity index (χ3v) is 5.33. The zero-order chi connectivity index (χ0) is 19.8. The fourth-order valence-electron chi connectivity index (χ4n) is 3.87. The van der Waals surface area contributed by atoms with Gasteiger partial charge in [-0.3, -0.25) is 24.4 Å². The average molecular weight is 443 g/mol. The summed E-state index contributed by atoms with van der Waals surface area (Å²) < 4.78 is 0.650. The topological polar surface area (TPSA) is 185 Å². The van der Waals surface area contributed by atoms with E-state index in [1.165, 1.54) is 0 Å². The van der Waals surface area contributed by atoms with Crippen molar-refractivity contribution < 1.29 is 4.79 Å². The van der Waals surface area contributed by atoms with Gasteiger partial charge in [0, 0.05) is 15.7 Å². The van der Waals surface area contributed by atoms with E-state index in [1.54, 1.807) is 18.2 Å². The molecule has 1 amide bonds. The number of nitrogens with two attached hydrogens (primary N) is 2. The second kappa shape index (κ2) is 5.19. The van der Waals surface area contributed by atoms with E-state index >= 15 is 0 Å². The van der Waals surface area contributed by atoms with Crippen LogP contribution in [0, 0.1) is 0 Å². The van der Waals surface area contributed by atoms with Crippen LogP contribution in [0.4, 0.5) is 29.2 Å². The monoisotopic (exact) mass is 442 g/mol. The van der Waals surface area contributed by atoms with E-state index in [0.717, 1.165) is 0 Å². The molecule has 28 heavy (non-hydrogen) atoms. The van der Waals surface area contributed by atoms with Crippen molar-refractivity contribution in [1.29, 1.82) is 0 Å². The Labute approximate surface area is 163 Å². The molecule has 2 aliphatic rings. The predicted molar refractivity (Wildman–Crippen MR) is 104 cm³/mol. The molecular weight excluding hydrogens is 432 g/mol. The molecule has 12 heteroatoms. The van der Waals surface area contributed by atoms with Crippen LogP contribution in [0.2, 0.25) is 0 Å². The molecule has 1 unspecified atom stereocenters. The largest absolute Gasteiger partial charge is 0.369 e. The van der Waals surface area contributed by atoms with Gasteiger partial charge in [-0.25, -0.2) is 0 Å². The van der Waals surface area contributed by atoms with E-state index in [2.05, 4.69) is 46.5 Å². The summed E-state index contributed by atoms with van der Waals surface area (Å²) in [6, 6.07) is 5.11. The Morgan fingerprint density at radius 1 is 0.893 bits per heavy atom. The zero-order valence-corrected chi connectivity index (χ0v) is 15.5. The number of rotatable bonds is 0. The Hall–Kier alpha value is -3.67. The van der Waals surface area contributed by atoms with Gasteiger partial charge < -0.3 is 22.1 Å². The number of aromatic nitrogens is 4. The number of hydrogen-bond donors (Lipinski definition) is 6. The summed E-state index contributed by atoms with van der Waals surface area (Å²) in [5.74, 6) is -0.842. The van der Waals surface area contributed by atoms with Crippen molar-refractivity contribution in [3.05, 3.63) is 60.1 Å². The fraction of sp³-hybridized carbons (Fsp3) is 0.0625. The van der Waals surface area contributed by atoms with Gasteiger partial charge in [-0.2, -0.15) is 9.97 Å². The Balaban J connectivity index is 2.03. The molecule has 2 aliphatic heterocycles. The first-order valence-electron chi connectivity index (χ1n) is 8.01. The molecule has 8 N–H and O–H groups in total. The minimum atomic E-state index is -1.78. The predicted octanol–water partition coefficient (Wildman–Crippen LogP) is 0.124. The Morgan fingerprint density at radius 2 is 1.46 bits per heavy atom. The van der Waals surface area contributed by atoms with Crippen LogP contribution in [0.15, 0.2) is 32.3 Å². The number of nitrogens with one attached hydrogen (secondary N) is 4. The van der Waals surface area contributed by atoms with Crippen molar-refractivity contribution in [1.82, 2.24) is 19.9 Å². The molecule has 1 spiro atoms. The van der Waals surface area contributed by atoms with Gasteiger partial charge in [0.2, 0.25) is 17.8 Å². The first-order chi connectivity index (χ1) is 13.3. The Kier molecular flexibility index (Phi) is 3.06. The average Bonchev–Trinajstić information content (AvgIpc) is 2.88. The third kappa shape index (κ3) is 1.89. The summed E-state index contributed by atoms with van der Waals surface area (Å²) in [7, 11) is 0. The Morgan fingerprint density at radius 3 is 2.07 bits per heavy atom. The number of amides is 1. The highest BCUT2D eigenvalue weighted by Crippen LogP contribution is 2.52. The Bertz CT molecular complexity index is 1330. The summed E-state index contributed by atoms with van der Waals surface area (Å²) >= 11 is 3.38. The van der Waals surface area contributed by atoms with Crippen LogP contribution in [0.1, 0.15) is 16.7 Å². The van der Waals surface area contributed by atoms with Crippen LogP contribution in [-0.2, 0) is 10.2 Å². The van der Waals surface area contributed by atoms with Gasteiger partial charge in [-0.1, -0.05) is 15.9 Å². The van der Waals surface area contributed by atoms with E-state index in [-0.39, 0.29) is 34.7 Å². The number of anilines is 5. The number of benzene rings is 1. The molecule has 0 saturated carbocycles. The lowest BCUT2D eigenvalue weighted by molar-refractivity contribution is -0.118. The van der Waals surface area contributed by atoms with Crippen LogP contribution in [-0.4, -0.2) is 25.8 Å². The van der Waals surface area contributed by atoms with Crippen LogP contribution >= 0.6 is 15.9 Å². The van der Waals surface area contributed by atoms with Crippen LogP contribution in [0.5, 0.6) is 0 Å². The van der Waals surface area contributed by atoms with Gasteiger partial charge in [-0.05, 0) is 18.2 Å². The normalized spacial score (nSPS) is 18.8. The van der Waals surface area contributed by atoms with Gasteiger partial charge >= 0.3 is 0 Å². The maximum absolute atomic E-state index is 13.3. The minimum Gasteiger partial charge on any atom is -0.369 e. The van der Waals surface area contributed by atoms with Gasteiger partial charge in [0.05, 0.1) is 11.1 Å². The number of nitrogen functional groups attached to an aromatic ring is 2. The van der Waals surface area contributed by atoms with E-state index in [9.17, 15) is 14.4 Å². The molecule has 11 nitrogen and oxygen atoms in total. The lowest BCUT2D eigenvalue weighted by Crippen LogP contribution is -2.47. The van der Waals surface area contributed by atoms with E-state index < -0.39 is 22.4 Å². The summed E-state index contributed by atoms with van der Waals surface area (Å²) in [6.07, 6.45) is 0. The van der Waals surface area contributed by atoms with Crippen LogP contribution < -0.4 is 33.2 Å². The molecule has 2 aromatic heterocycles. The molecular formula is C16H11BrN8O3. The maximum Gasteiger partial charge on any atom is 0.259 e. The zero-order valence-electron chi connectivity index (χ0n) is 13.9. The first-order valence-corrected chi connectivity index (χ1v) is 8.80. The van der Waals surface area contributed by atoms with Gasteiger partial charge in [0.15, 0.2) is 0 Å². The number of hydrogen-bond acceptors (Lipinski definition) is 8. The van der Waals surface area contributed by atoms with Crippen LogP contribution in [0.3, 0.4) is 0 Å². The SMILES string of the molecule is Nc1nc2c(c(=O)[nH]1)C1(C(=O)N2)c2cc(Br)ccc2Nc2nc(N)[nH]c(=O)c21. The summed E-state index contributed by atoms with van der Waals surface area (Å²) in [5.41, 5.74) is 9.02. The minimum absolute atomic E-state index is 0.0127. The van der Waals surface area contributed by atoms with Crippen molar-refractivity contribution in [2.75, 3.05) is 22.1 Å². The number of nitrogens with zero attached hydrogens (tertiary/aromatic N) is 2. The molecule has 3 aromatic rings. The molecule has 1 atom stereocenters.